The Balaban J connectivity index is 0.00000320. The summed E-state index contributed by atoms with van der Waals surface area (Å²) in [7, 11) is 0. The lowest BCUT2D eigenvalue weighted by atomic mass is 9.86. The highest BCUT2D eigenvalue weighted by atomic mass is 32.1. The Bertz CT molecular complexity index is 769. The van der Waals surface area contributed by atoms with Crippen molar-refractivity contribution in [3.05, 3.63) is 29.3 Å². The van der Waals surface area contributed by atoms with Gasteiger partial charge in [-0.1, -0.05) is 6.07 Å². The van der Waals surface area contributed by atoms with Gasteiger partial charge in [-0.25, -0.2) is 5.48 Å². The van der Waals surface area contributed by atoms with Crippen LogP contribution in [-0.4, -0.2) is 47.0 Å². The van der Waals surface area contributed by atoms with Crippen LogP contribution in [0.4, 0.5) is 13.2 Å². The molecule has 1 fully saturated rings. The SMILES string of the molecule is C[C@H]1COc2cc(C(=O)NO)ccc2CN1C(=O)C1CCC(OC(F)(F)F)CC1.S. The monoisotopic (exact) mass is 450 g/mol. The molecule has 1 heterocycles. The Hall–Kier alpha value is -1.98. The zero-order chi connectivity index (χ0) is 21.2. The van der Waals surface area contributed by atoms with Crippen molar-refractivity contribution in [2.24, 2.45) is 5.92 Å². The van der Waals surface area contributed by atoms with E-state index >= 15 is 0 Å². The molecule has 1 aromatic carbocycles. The summed E-state index contributed by atoms with van der Waals surface area (Å²) in [6.45, 7) is 2.33. The highest BCUT2D eigenvalue weighted by Gasteiger charge is 2.38. The number of alkyl halides is 3. The van der Waals surface area contributed by atoms with E-state index in [0.717, 1.165) is 0 Å². The molecule has 1 aliphatic heterocycles. The number of carbonyl (C=O) groups is 2. The summed E-state index contributed by atoms with van der Waals surface area (Å²) in [5.74, 6) is -0.682. The Morgan fingerprint density at radius 3 is 2.50 bits per heavy atom. The van der Waals surface area contributed by atoms with E-state index < -0.39 is 18.4 Å². The van der Waals surface area contributed by atoms with E-state index in [1.165, 1.54) is 12.1 Å². The van der Waals surface area contributed by atoms with Gasteiger partial charge in [0.05, 0.1) is 12.1 Å². The Morgan fingerprint density at radius 2 is 1.90 bits per heavy atom. The van der Waals surface area contributed by atoms with Gasteiger partial charge in [-0.15, -0.1) is 13.2 Å². The Kier molecular flexibility index (Phi) is 8.00. The number of amides is 2. The van der Waals surface area contributed by atoms with Crippen LogP contribution in [0.3, 0.4) is 0 Å². The van der Waals surface area contributed by atoms with E-state index in [2.05, 4.69) is 4.74 Å². The lowest BCUT2D eigenvalue weighted by Gasteiger charge is -2.34. The van der Waals surface area contributed by atoms with E-state index in [9.17, 15) is 22.8 Å². The van der Waals surface area contributed by atoms with Crippen molar-refractivity contribution in [2.45, 2.75) is 57.7 Å². The molecule has 0 spiro atoms. The topological polar surface area (TPSA) is 88.1 Å². The van der Waals surface area contributed by atoms with Gasteiger partial charge in [0.1, 0.15) is 12.4 Å². The van der Waals surface area contributed by atoms with Crippen molar-refractivity contribution >= 4 is 25.3 Å². The molecule has 0 unspecified atom stereocenters. The summed E-state index contributed by atoms with van der Waals surface area (Å²) >= 11 is 0. The average molecular weight is 450 g/mol. The molecule has 1 atom stereocenters. The van der Waals surface area contributed by atoms with Gasteiger partial charge in [0, 0.05) is 23.6 Å². The van der Waals surface area contributed by atoms with Crippen molar-refractivity contribution < 1.29 is 37.4 Å². The molecule has 1 aliphatic carbocycles. The second kappa shape index (κ2) is 9.88. The van der Waals surface area contributed by atoms with Crippen LogP contribution in [0.25, 0.3) is 0 Å². The lowest BCUT2D eigenvalue weighted by molar-refractivity contribution is -0.345. The molecule has 2 aliphatic rings. The third kappa shape index (κ3) is 5.79. The van der Waals surface area contributed by atoms with Crippen LogP contribution < -0.4 is 10.2 Å². The fraction of sp³-hybridized carbons (Fsp3) is 0.579. The van der Waals surface area contributed by atoms with Crippen LogP contribution in [0, 0.1) is 5.92 Å². The van der Waals surface area contributed by atoms with Crippen molar-refractivity contribution in [2.75, 3.05) is 6.61 Å². The molecule has 2 amide bonds. The number of hydrogen-bond acceptors (Lipinski definition) is 5. The standard InChI is InChI=1S/C19H23F3N2O5.H2S/c1-11-10-28-16-8-13(17(25)23-27)2-3-14(16)9-24(11)18(26)12-4-6-15(7-5-12)29-19(20,21)22;/h2-3,8,11-12,15,27H,4-7,9-10H2,1H3,(H,23,25);1H2/t11-,12?,15?;/m0./s1. The molecule has 1 aromatic rings. The summed E-state index contributed by atoms with van der Waals surface area (Å²) in [5.41, 5.74) is 2.50. The molecule has 1 saturated carbocycles. The van der Waals surface area contributed by atoms with Gasteiger partial charge in [0.25, 0.3) is 5.91 Å². The molecule has 11 heteroatoms. The number of benzene rings is 1. The zero-order valence-electron chi connectivity index (χ0n) is 16.4. The van der Waals surface area contributed by atoms with Crippen LogP contribution in [0.1, 0.15) is 48.5 Å². The van der Waals surface area contributed by atoms with Gasteiger partial charge < -0.3 is 9.64 Å². The summed E-state index contributed by atoms with van der Waals surface area (Å²) in [6.07, 6.45) is -4.51. The lowest BCUT2D eigenvalue weighted by Crippen LogP contribution is -2.44. The minimum absolute atomic E-state index is 0. The first kappa shape index (κ1) is 24.3. The summed E-state index contributed by atoms with van der Waals surface area (Å²) in [4.78, 5) is 26.3. The predicted octanol–water partition coefficient (Wildman–Crippen LogP) is 3.12. The van der Waals surface area contributed by atoms with Gasteiger partial charge in [-0.05, 0) is 44.7 Å². The fourth-order valence-electron chi connectivity index (χ4n) is 3.81. The number of rotatable bonds is 3. The van der Waals surface area contributed by atoms with Gasteiger partial charge in [0.2, 0.25) is 5.91 Å². The molecule has 3 rings (SSSR count). The van der Waals surface area contributed by atoms with Crippen molar-refractivity contribution in [1.29, 1.82) is 0 Å². The second-order valence-electron chi connectivity index (χ2n) is 7.43. The minimum Gasteiger partial charge on any atom is -0.491 e. The number of carbonyl (C=O) groups excluding carboxylic acids is 2. The first-order valence-corrected chi connectivity index (χ1v) is 9.43. The third-order valence-electron chi connectivity index (χ3n) is 5.39. The fourth-order valence-corrected chi connectivity index (χ4v) is 3.81. The average Bonchev–Trinajstić information content (AvgIpc) is 2.84. The summed E-state index contributed by atoms with van der Waals surface area (Å²) < 4.78 is 46.9. The maximum atomic E-state index is 13.0. The van der Waals surface area contributed by atoms with Crippen LogP contribution in [-0.2, 0) is 16.1 Å². The molecule has 0 radical (unpaired) electrons. The largest absolute Gasteiger partial charge is 0.522 e. The van der Waals surface area contributed by atoms with Gasteiger partial charge in [-0.3, -0.25) is 19.5 Å². The summed E-state index contributed by atoms with van der Waals surface area (Å²) in [6, 6.07) is 4.44. The molecule has 7 nitrogen and oxygen atoms in total. The normalized spacial score (nSPS) is 24.0. The number of hydroxylamine groups is 1. The molecule has 2 N–H and O–H groups in total. The molecule has 0 aromatic heterocycles. The van der Waals surface area contributed by atoms with E-state index in [-0.39, 0.29) is 62.9 Å². The Morgan fingerprint density at radius 1 is 1.23 bits per heavy atom. The summed E-state index contributed by atoms with van der Waals surface area (Å²) in [5, 5.41) is 8.77. The van der Waals surface area contributed by atoms with Crippen LogP contribution in [0.2, 0.25) is 0 Å². The maximum absolute atomic E-state index is 13.0. The smallest absolute Gasteiger partial charge is 0.491 e. The highest BCUT2D eigenvalue weighted by Crippen LogP contribution is 2.34. The molecule has 168 valence electrons. The van der Waals surface area contributed by atoms with Crippen LogP contribution in [0.5, 0.6) is 5.75 Å². The predicted molar refractivity (Wildman–Crippen MR) is 104 cm³/mol. The molecular weight excluding hydrogens is 425 g/mol. The second-order valence-corrected chi connectivity index (χ2v) is 7.43. The third-order valence-corrected chi connectivity index (χ3v) is 5.39. The van der Waals surface area contributed by atoms with Crippen molar-refractivity contribution in [3.8, 4) is 5.75 Å². The van der Waals surface area contributed by atoms with Gasteiger partial charge in [-0.2, -0.15) is 13.5 Å². The van der Waals surface area contributed by atoms with Crippen LogP contribution >= 0.6 is 13.5 Å². The molecule has 30 heavy (non-hydrogen) atoms. The van der Waals surface area contributed by atoms with E-state index in [1.807, 2.05) is 6.92 Å². The van der Waals surface area contributed by atoms with E-state index in [0.29, 0.717) is 24.2 Å². The quantitative estimate of drug-likeness (QED) is 0.546. The molecular formula is C19H25F3N2O5S. The van der Waals surface area contributed by atoms with E-state index in [1.54, 1.807) is 16.4 Å². The number of fused-ring (bicyclic) bond motifs is 1. The number of hydrogen-bond donors (Lipinski definition) is 2. The number of halogens is 3. The van der Waals surface area contributed by atoms with Gasteiger partial charge in [0.15, 0.2) is 0 Å². The zero-order valence-corrected chi connectivity index (χ0v) is 17.4. The maximum Gasteiger partial charge on any atom is 0.522 e. The Labute approximate surface area is 178 Å². The van der Waals surface area contributed by atoms with Crippen molar-refractivity contribution in [1.82, 2.24) is 10.4 Å². The first-order chi connectivity index (χ1) is 13.7. The number of nitrogens with zero attached hydrogens (tertiary/aromatic N) is 1. The molecule has 0 bridgehead atoms. The van der Waals surface area contributed by atoms with Gasteiger partial charge >= 0.3 is 6.36 Å². The number of nitrogens with one attached hydrogen (secondary N) is 1. The van der Waals surface area contributed by atoms with E-state index in [4.69, 9.17) is 9.94 Å². The molecule has 0 saturated heterocycles. The highest BCUT2D eigenvalue weighted by molar-refractivity contribution is 7.59. The minimum atomic E-state index is -4.66. The number of ether oxygens (including phenoxy) is 2. The van der Waals surface area contributed by atoms with Crippen LogP contribution in [0.15, 0.2) is 18.2 Å². The first-order valence-electron chi connectivity index (χ1n) is 9.43. The van der Waals surface area contributed by atoms with Crippen molar-refractivity contribution in [3.63, 3.8) is 0 Å².